The highest BCUT2D eigenvalue weighted by Gasteiger charge is 2.20. The fourth-order valence-electron chi connectivity index (χ4n) is 4.08. The average Bonchev–Trinajstić information content (AvgIpc) is 3.25. The third-order valence-electron chi connectivity index (χ3n) is 5.85. The first-order valence-electron chi connectivity index (χ1n) is 11.0. The number of phenolic OH excluding ortho intramolecular Hbond substituents is 1. The third kappa shape index (κ3) is 4.60. The SMILES string of the molecule is Cc1ccc2nc(COc3cccc(C(=O)N4CC=C(c5ccc(O)cc5)CC4)c3)cn2c1. The number of aromatic hydroxyl groups is 1. The van der Waals surface area contributed by atoms with Crippen LogP contribution in [0.25, 0.3) is 11.2 Å². The Morgan fingerprint density at radius 2 is 1.94 bits per heavy atom. The molecule has 5 rings (SSSR count). The van der Waals surface area contributed by atoms with E-state index in [-0.39, 0.29) is 11.7 Å². The van der Waals surface area contributed by atoms with Crippen LogP contribution in [0.3, 0.4) is 0 Å². The predicted molar refractivity (Wildman–Crippen MR) is 127 cm³/mol. The van der Waals surface area contributed by atoms with E-state index in [2.05, 4.69) is 11.1 Å². The Hall–Kier alpha value is -4.06. The highest BCUT2D eigenvalue weighted by atomic mass is 16.5. The van der Waals surface area contributed by atoms with Gasteiger partial charge in [0, 0.05) is 31.0 Å². The van der Waals surface area contributed by atoms with Crippen molar-refractivity contribution in [2.75, 3.05) is 13.1 Å². The van der Waals surface area contributed by atoms with Gasteiger partial charge in [-0.15, -0.1) is 0 Å². The number of aryl methyl sites for hydroxylation is 1. The molecule has 1 aliphatic heterocycles. The number of rotatable bonds is 5. The van der Waals surface area contributed by atoms with Crippen LogP contribution >= 0.6 is 0 Å². The van der Waals surface area contributed by atoms with Crippen molar-refractivity contribution in [3.05, 3.63) is 102 Å². The van der Waals surface area contributed by atoms with Gasteiger partial charge in [0.05, 0.1) is 5.69 Å². The van der Waals surface area contributed by atoms with Crippen molar-refractivity contribution in [3.8, 4) is 11.5 Å². The van der Waals surface area contributed by atoms with Crippen LogP contribution in [0.15, 0.2) is 79.1 Å². The largest absolute Gasteiger partial charge is 0.508 e. The zero-order valence-electron chi connectivity index (χ0n) is 18.4. The third-order valence-corrected chi connectivity index (χ3v) is 5.85. The lowest BCUT2D eigenvalue weighted by atomic mass is 9.99. The topological polar surface area (TPSA) is 67.1 Å². The molecule has 1 amide bonds. The summed E-state index contributed by atoms with van der Waals surface area (Å²) in [5.74, 6) is 0.890. The highest BCUT2D eigenvalue weighted by Crippen LogP contribution is 2.25. The second-order valence-electron chi connectivity index (χ2n) is 8.30. The number of nitrogens with zero attached hydrogens (tertiary/aromatic N) is 3. The van der Waals surface area contributed by atoms with Gasteiger partial charge in [-0.25, -0.2) is 4.98 Å². The first-order valence-corrected chi connectivity index (χ1v) is 11.0. The van der Waals surface area contributed by atoms with Gasteiger partial charge in [0.15, 0.2) is 0 Å². The molecule has 4 aromatic rings. The number of ether oxygens (including phenoxy) is 1. The molecule has 1 N–H and O–H groups in total. The smallest absolute Gasteiger partial charge is 0.254 e. The lowest BCUT2D eigenvalue weighted by Crippen LogP contribution is -2.34. The minimum atomic E-state index is -0.00957. The molecule has 6 nitrogen and oxygen atoms in total. The number of carbonyl (C=O) groups is 1. The van der Waals surface area contributed by atoms with Gasteiger partial charge in [-0.05, 0) is 66.4 Å². The summed E-state index contributed by atoms with van der Waals surface area (Å²) < 4.78 is 7.93. The number of aromatic nitrogens is 2. The summed E-state index contributed by atoms with van der Waals surface area (Å²) in [5.41, 5.74) is 5.77. The summed E-state index contributed by atoms with van der Waals surface area (Å²) in [5, 5.41) is 9.48. The van der Waals surface area contributed by atoms with Crippen LogP contribution in [0.5, 0.6) is 11.5 Å². The van der Waals surface area contributed by atoms with Gasteiger partial charge < -0.3 is 19.1 Å². The Morgan fingerprint density at radius 3 is 2.73 bits per heavy atom. The number of carbonyl (C=O) groups excluding carboxylic acids is 1. The van der Waals surface area contributed by atoms with Crippen LogP contribution < -0.4 is 4.74 Å². The van der Waals surface area contributed by atoms with Crippen molar-refractivity contribution < 1.29 is 14.6 Å². The number of fused-ring (bicyclic) bond motifs is 1. The summed E-state index contributed by atoms with van der Waals surface area (Å²) in [6.07, 6.45) is 6.85. The maximum absolute atomic E-state index is 13.1. The molecule has 6 heteroatoms. The van der Waals surface area contributed by atoms with Crippen LogP contribution in [0, 0.1) is 6.92 Å². The highest BCUT2D eigenvalue weighted by molar-refractivity contribution is 5.95. The van der Waals surface area contributed by atoms with E-state index >= 15 is 0 Å². The van der Waals surface area contributed by atoms with E-state index in [1.165, 1.54) is 11.1 Å². The van der Waals surface area contributed by atoms with Crippen LogP contribution in [-0.2, 0) is 6.61 Å². The molecule has 1 aliphatic rings. The summed E-state index contributed by atoms with van der Waals surface area (Å²) in [4.78, 5) is 19.5. The van der Waals surface area contributed by atoms with Gasteiger partial charge in [-0.3, -0.25) is 4.79 Å². The molecule has 0 saturated heterocycles. The lowest BCUT2D eigenvalue weighted by molar-refractivity contribution is 0.0772. The van der Waals surface area contributed by atoms with Crippen LogP contribution in [0.2, 0.25) is 0 Å². The zero-order chi connectivity index (χ0) is 22.8. The average molecular weight is 440 g/mol. The Labute approximate surface area is 192 Å². The summed E-state index contributed by atoms with van der Waals surface area (Å²) in [6, 6.07) is 18.5. The van der Waals surface area contributed by atoms with Gasteiger partial charge in [0.25, 0.3) is 5.91 Å². The molecule has 2 aromatic carbocycles. The minimum absolute atomic E-state index is 0.00957. The van der Waals surface area contributed by atoms with Crippen LogP contribution in [-0.4, -0.2) is 38.4 Å². The first-order chi connectivity index (χ1) is 16.0. The number of hydrogen-bond acceptors (Lipinski definition) is 4. The first kappa shape index (κ1) is 20.8. The van der Waals surface area contributed by atoms with Gasteiger partial charge in [0.2, 0.25) is 0 Å². The predicted octanol–water partition coefficient (Wildman–Crippen LogP) is 4.86. The number of pyridine rings is 1. The molecular weight excluding hydrogens is 414 g/mol. The second kappa shape index (κ2) is 8.82. The van der Waals surface area contributed by atoms with Crippen molar-refractivity contribution in [1.29, 1.82) is 0 Å². The molecule has 0 radical (unpaired) electrons. The molecule has 2 aromatic heterocycles. The van der Waals surface area contributed by atoms with Crippen LogP contribution in [0.4, 0.5) is 0 Å². The van der Waals surface area contributed by atoms with E-state index in [4.69, 9.17) is 4.74 Å². The number of benzene rings is 2. The van der Waals surface area contributed by atoms with Crippen molar-refractivity contribution in [1.82, 2.24) is 14.3 Å². The van der Waals surface area contributed by atoms with E-state index in [1.54, 1.807) is 18.2 Å². The number of hydrogen-bond donors (Lipinski definition) is 1. The quantitative estimate of drug-likeness (QED) is 0.482. The minimum Gasteiger partial charge on any atom is -0.508 e. The molecule has 33 heavy (non-hydrogen) atoms. The molecule has 0 spiro atoms. The van der Waals surface area contributed by atoms with E-state index in [1.807, 2.05) is 71.1 Å². The monoisotopic (exact) mass is 439 g/mol. The maximum Gasteiger partial charge on any atom is 0.254 e. The molecule has 166 valence electrons. The fraction of sp³-hybridized carbons (Fsp3) is 0.185. The maximum atomic E-state index is 13.1. The molecule has 0 bridgehead atoms. The van der Waals surface area contributed by atoms with Gasteiger partial charge in [-0.2, -0.15) is 0 Å². The molecular formula is C27H25N3O3. The molecule has 0 saturated carbocycles. The normalized spacial score (nSPS) is 13.7. The fourth-order valence-corrected chi connectivity index (χ4v) is 4.08. The van der Waals surface area contributed by atoms with Crippen molar-refractivity contribution in [2.45, 2.75) is 20.0 Å². The summed E-state index contributed by atoms with van der Waals surface area (Å²) in [7, 11) is 0. The van der Waals surface area contributed by atoms with E-state index in [9.17, 15) is 9.90 Å². The Balaban J connectivity index is 1.24. The lowest BCUT2D eigenvalue weighted by Gasteiger charge is -2.27. The van der Waals surface area contributed by atoms with Gasteiger partial charge >= 0.3 is 0 Å². The number of amides is 1. The standard InChI is InChI=1S/C27H25N3O3/c1-19-5-10-26-28-23(17-30(26)16-19)18-33-25-4-2-3-22(15-25)27(32)29-13-11-21(12-14-29)20-6-8-24(31)9-7-20/h2-11,15-17,31H,12-14,18H2,1H3. The zero-order valence-corrected chi connectivity index (χ0v) is 18.4. The Bertz CT molecular complexity index is 1340. The number of phenols is 1. The van der Waals surface area contributed by atoms with E-state index in [0.717, 1.165) is 23.3 Å². The van der Waals surface area contributed by atoms with Crippen molar-refractivity contribution in [2.24, 2.45) is 0 Å². The number of imidazole rings is 1. The molecule has 3 heterocycles. The van der Waals surface area contributed by atoms with Gasteiger partial charge in [0.1, 0.15) is 23.8 Å². The molecule has 0 unspecified atom stereocenters. The summed E-state index contributed by atoms with van der Waals surface area (Å²) >= 11 is 0. The molecule has 0 aliphatic carbocycles. The molecule has 0 fully saturated rings. The van der Waals surface area contributed by atoms with E-state index < -0.39 is 0 Å². The Kier molecular flexibility index (Phi) is 5.57. The van der Waals surface area contributed by atoms with E-state index in [0.29, 0.717) is 31.0 Å². The second-order valence-corrected chi connectivity index (χ2v) is 8.30. The van der Waals surface area contributed by atoms with Gasteiger partial charge in [-0.1, -0.05) is 30.3 Å². The molecule has 0 atom stereocenters. The van der Waals surface area contributed by atoms with Crippen molar-refractivity contribution >= 4 is 17.1 Å². The Morgan fingerprint density at radius 1 is 1.09 bits per heavy atom. The van der Waals surface area contributed by atoms with Crippen LogP contribution in [0.1, 0.15) is 33.6 Å². The summed E-state index contributed by atoms with van der Waals surface area (Å²) in [6.45, 7) is 3.59. The van der Waals surface area contributed by atoms with Crippen molar-refractivity contribution in [3.63, 3.8) is 0 Å².